The monoisotopic (exact) mass is 206 g/mol. The summed E-state index contributed by atoms with van der Waals surface area (Å²) >= 11 is 0. The van der Waals surface area contributed by atoms with Gasteiger partial charge in [-0.1, -0.05) is 6.07 Å². The molecule has 15 heavy (non-hydrogen) atoms. The summed E-state index contributed by atoms with van der Waals surface area (Å²) in [4.78, 5) is 15.5. The van der Waals surface area contributed by atoms with E-state index in [4.69, 9.17) is 4.74 Å². The fraction of sp³-hybridized carbons (Fsp3) is 0.455. The summed E-state index contributed by atoms with van der Waals surface area (Å²) in [5.74, 6) is 0.876. The number of aromatic nitrogens is 1. The van der Waals surface area contributed by atoms with Crippen molar-refractivity contribution in [3.05, 3.63) is 23.9 Å². The van der Waals surface area contributed by atoms with E-state index in [2.05, 4.69) is 10.3 Å². The van der Waals surface area contributed by atoms with Crippen LogP contribution in [0.3, 0.4) is 0 Å². The van der Waals surface area contributed by atoms with Crippen molar-refractivity contribution in [2.24, 2.45) is 5.92 Å². The van der Waals surface area contributed by atoms with E-state index < -0.39 is 0 Å². The van der Waals surface area contributed by atoms with Gasteiger partial charge in [0.2, 0.25) is 11.8 Å². The maximum absolute atomic E-state index is 11.3. The van der Waals surface area contributed by atoms with Crippen LogP contribution in [-0.2, 0) is 11.2 Å². The molecule has 0 saturated carbocycles. The second-order valence-electron chi connectivity index (χ2n) is 3.69. The lowest BCUT2D eigenvalue weighted by atomic mass is 9.99. The molecule has 1 atom stereocenters. The molecular formula is C11H14N2O2. The van der Waals surface area contributed by atoms with Crippen molar-refractivity contribution in [3.63, 3.8) is 0 Å². The van der Waals surface area contributed by atoms with Crippen molar-refractivity contribution in [1.29, 1.82) is 0 Å². The van der Waals surface area contributed by atoms with Crippen LogP contribution in [0.5, 0.6) is 5.88 Å². The zero-order chi connectivity index (χ0) is 10.7. The van der Waals surface area contributed by atoms with Crippen LogP contribution in [0.15, 0.2) is 18.3 Å². The van der Waals surface area contributed by atoms with Crippen molar-refractivity contribution in [3.8, 4) is 5.88 Å². The Morgan fingerprint density at radius 1 is 1.60 bits per heavy atom. The van der Waals surface area contributed by atoms with Crippen molar-refractivity contribution < 1.29 is 9.53 Å². The predicted octanol–water partition coefficient (Wildman–Crippen LogP) is 0.769. The topological polar surface area (TPSA) is 51.2 Å². The fourth-order valence-corrected chi connectivity index (χ4v) is 1.78. The van der Waals surface area contributed by atoms with Crippen LogP contribution in [0.4, 0.5) is 0 Å². The highest BCUT2D eigenvalue weighted by Crippen LogP contribution is 2.17. The summed E-state index contributed by atoms with van der Waals surface area (Å²) in [6.07, 6.45) is 3.46. The average Bonchev–Trinajstić information content (AvgIpc) is 2.66. The molecule has 0 aliphatic carbocycles. The van der Waals surface area contributed by atoms with E-state index in [0.29, 0.717) is 5.88 Å². The lowest BCUT2D eigenvalue weighted by Gasteiger charge is -2.06. The van der Waals surface area contributed by atoms with E-state index in [0.717, 1.165) is 24.9 Å². The summed E-state index contributed by atoms with van der Waals surface area (Å²) < 4.78 is 4.97. The maximum Gasteiger partial charge on any atom is 0.223 e. The Balaban J connectivity index is 2.01. The molecule has 4 nitrogen and oxygen atoms in total. The molecule has 0 bridgehead atoms. The molecule has 0 spiro atoms. The Kier molecular flexibility index (Phi) is 2.85. The van der Waals surface area contributed by atoms with Gasteiger partial charge in [0.1, 0.15) is 0 Å². The molecular weight excluding hydrogens is 192 g/mol. The molecule has 1 saturated heterocycles. The maximum atomic E-state index is 11.3. The standard InChI is InChI=1S/C11H14N2O2/c1-15-10-3-2-8(7-13-10)6-9-4-5-12-11(9)14/h2-3,7,9H,4-6H2,1H3,(H,12,14). The van der Waals surface area contributed by atoms with Gasteiger partial charge >= 0.3 is 0 Å². The minimum Gasteiger partial charge on any atom is -0.481 e. The first kappa shape index (κ1) is 9.96. The number of hydrogen-bond donors (Lipinski definition) is 1. The fourth-order valence-electron chi connectivity index (χ4n) is 1.78. The molecule has 4 heteroatoms. The smallest absolute Gasteiger partial charge is 0.223 e. The van der Waals surface area contributed by atoms with Gasteiger partial charge in [-0.25, -0.2) is 4.98 Å². The molecule has 1 unspecified atom stereocenters. The van der Waals surface area contributed by atoms with E-state index in [1.807, 2.05) is 12.1 Å². The number of carbonyl (C=O) groups excluding carboxylic acids is 1. The Bertz CT molecular complexity index is 348. The van der Waals surface area contributed by atoms with Gasteiger partial charge in [-0.15, -0.1) is 0 Å². The molecule has 1 N–H and O–H groups in total. The largest absolute Gasteiger partial charge is 0.481 e. The highest BCUT2D eigenvalue weighted by molar-refractivity contribution is 5.80. The highest BCUT2D eigenvalue weighted by atomic mass is 16.5. The number of rotatable bonds is 3. The quantitative estimate of drug-likeness (QED) is 0.794. The average molecular weight is 206 g/mol. The van der Waals surface area contributed by atoms with Crippen molar-refractivity contribution in [2.45, 2.75) is 12.8 Å². The van der Waals surface area contributed by atoms with Crippen LogP contribution in [0, 0.1) is 5.92 Å². The van der Waals surface area contributed by atoms with E-state index >= 15 is 0 Å². The Morgan fingerprint density at radius 2 is 2.47 bits per heavy atom. The van der Waals surface area contributed by atoms with Crippen molar-refractivity contribution in [1.82, 2.24) is 10.3 Å². The SMILES string of the molecule is COc1ccc(CC2CCNC2=O)cn1. The van der Waals surface area contributed by atoms with E-state index in [1.54, 1.807) is 13.3 Å². The van der Waals surface area contributed by atoms with Gasteiger partial charge in [0.15, 0.2) is 0 Å². The molecule has 1 fully saturated rings. The van der Waals surface area contributed by atoms with E-state index in [-0.39, 0.29) is 11.8 Å². The van der Waals surface area contributed by atoms with Crippen molar-refractivity contribution in [2.75, 3.05) is 13.7 Å². The summed E-state index contributed by atoms with van der Waals surface area (Å²) in [6, 6.07) is 3.78. The minimum absolute atomic E-state index is 0.111. The number of ether oxygens (including phenoxy) is 1. The second-order valence-corrected chi connectivity index (χ2v) is 3.69. The zero-order valence-corrected chi connectivity index (χ0v) is 8.69. The van der Waals surface area contributed by atoms with Crippen LogP contribution in [0.25, 0.3) is 0 Å². The van der Waals surface area contributed by atoms with Gasteiger partial charge in [0.25, 0.3) is 0 Å². The molecule has 1 aromatic rings. The number of pyridine rings is 1. The van der Waals surface area contributed by atoms with Crippen LogP contribution in [0.1, 0.15) is 12.0 Å². The summed E-state index contributed by atoms with van der Waals surface area (Å²) in [5.41, 5.74) is 1.08. The number of nitrogens with one attached hydrogen (secondary N) is 1. The highest BCUT2D eigenvalue weighted by Gasteiger charge is 2.23. The van der Waals surface area contributed by atoms with Gasteiger partial charge in [-0.3, -0.25) is 4.79 Å². The number of methoxy groups -OCH3 is 1. The molecule has 0 radical (unpaired) electrons. The molecule has 2 rings (SSSR count). The Labute approximate surface area is 88.7 Å². The van der Waals surface area contributed by atoms with Gasteiger partial charge in [-0.05, 0) is 18.4 Å². The van der Waals surface area contributed by atoms with E-state index in [1.165, 1.54) is 0 Å². The van der Waals surface area contributed by atoms with Crippen LogP contribution in [-0.4, -0.2) is 24.5 Å². The lowest BCUT2D eigenvalue weighted by molar-refractivity contribution is -0.122. The van der Waals surface area contributed by atoms with Crippen LogP contribution in [0.2, 0.25) is 0 Å². The molecule has 0 aromatic carbocycles. The molecule has 2 heterocycles. The van der Waals surface area contributed by atoms with Crippen LogP contribution < -0.4 is 10.1 Å². The summed E-state index contributed by atoms with van der Waals surface area (Å²) in [7, 11) is 1.59. The predicted molar refractivity (Wildman–Crippen MR) is 55.6 cm³/mol. The van der Waals surface area contributed by atoms with Crippen molar-refractivity contribution >= 4 is 5.91 Å². The zero-order valence-electron chi connectivity index (χ0n) is 8.69. The van der Waals surface area contributed by atoms with Gasteiger partial charge in [0, 0.05) is 24.7 Å². The minimum atomic E-state index is 0.111. The van der Waals surface area contributed by atoms with E-state index in [9.17, 15) is 4.79 Å². The van der Waals surface area contributed by atoms with Gasteiger partial charge in [0.05, 0.1) is 7.11 Å². The number of amides is 1. The molecule has 1 aromatic heterocycles. The first-order valence-corrected chi connectivity index (χ1v) is 5.06. The normalized spacial score (nSPS) is 20.1. The number of nitrogens with zero attached hydrogens (tertiary/aromatic N) is 1. The molecule has 80 valence electrons. The third kappa shape index (κ3) is 2.26. The number of carbonyl (C=O) groups is 1. The second kappa shape index (κ2) is 4.29. The van der Waals surface area contributed by atoms with Gasteiger partial charge in [-0.2, -0.15) is 0 Å². The summed E-state index contributed by atoms with van der Waals surface area (Å²) in [6.45, 7) is 0.799. The summed E-state index contributed by atoms with van der Waals surface area (Å²) in [5, 5.41) is 2.83. The number of hydrogen-bond acceptors (Lipinski definition) is 3. The Hall–Kier alpha value is -1.58. The molecule has 1 aliphatic heterocycles. The third-order valence-electron chi connectivity index (χ3n) is 2.65. The molecule has 1 aliphatic rings. The Morgan fingerprint density at radius 3 is 3.00 bits per heavy atom. The third-order valence-corrected chi connectivity index (χ3v) is 2.65. The molecule has 1 amide bonds. The first-order chi connectivity index (χ1) is 7.29. The first-order valence-electron chi connectivity index (χ1n) is 5.06. The van der Waals surface area contributed by atoms with Crippen LogP contribution >= 0.6 is 0 Å². The lowest BCUT2D eigenvalue weighted by Crippen LogP contribution is -2.20. The van der Waals surface area contributed by atoms with Gasteiger partial charge < -0.3 is 10.1 Å².